The summed E-state index contributed by atoms with van der Waals surface area (Å²) in [5.41, 5.74) is 4.97. The molecule has 0 aromatic heterocycles. The smallest absolute Gasteiger partial charge is 0.257 e. The van der Waals surface area contributed by atoms with Crippen molar-refractivity contribution in [3.8, 4) is 0 Å². The van der Waals surface area contributed by atoms with Crippen molar-refractivity contribution in [3.05, 3.63) is 59.2 Å². The molecule has 1 aliphatic carbocycles. The molecule has 5 nitrogen and oxygen atoms in total. The number of hydrogen-bond acceptors (Lipinski definition) is 3. The Bertz CT molecular complexity index is 1000. The number of aryl methyl sites for hydroxylation is 1. The van der Waals surface area contributed by atoms with Crippen molar-refractivity contribution in [1.29, 1.82) is 0 Å². The highest BCUT2D eigenvalue weighted by atomic mass is 16.2. The van der Waals surface area contributed by atoms with Crippen molar-refractivity contribution in [2.45, 2.75) is 74.1 Å². The summed E-state index contributed by atoms with van der Waals surface area (Å²) in [5, 5.41) is 5.67. The molecule has 0 radical (unpaired) electrons. The number of carbonyl (C=O) groups excluding carboxylic acids is 2. The van der Waals surface area contributed by atoms with Gasteiger partial charge < -0.3 is 15.5 Å². The molecule has 2 N–H and O–H groups in total. The summed E-state index contributed by atoms with van der Waals surface area (Å²) in [5.74, 6) is -0.279. The summed E-state index contributed by atoms with van der Waals surface area (Å²) in [6.07, 6.45) is 4.99. The third-order valence-electron chi connectivity index (χ3n) is 6.13. The standard InChI is InChI=1S/C23H27N3O2.C5H12.C2H6.3H2/c1-16-4-3-5-18(14-16)25-22(28)19-7-6-17(21(27)24-2)15-20(19)26-12-10-23(8-9-23)11-13-26;1-5(2,3)4;1-2;;;/h3-7,14-15H,8-13H2,1-2H3,(H,24,27)(H,25,28);1-4H3;1-2H3;3*1H. The SMILES string of the molecule is CC.CC(C)(C)C.CNC(=O)c1ccc(C(=O)Nc2cccc(C)c2)c(N2CCC3(CC2)CC3)c1.[HH].[HH].[HH]. The number of nitrogens with zero attached hydrogens (tertiary/aromatic N) is 1. The predicted octanol–water partition coefficient (Wildman–Crippen LogP) is 7.80. The summed E-state index contributed by atoms with van der Waals surface area (Å²) in [6.45, 7) is 16.6. The molecular weight excluding hydrogens is 434 g/mol. The highest BCUT2D eigenvalue weighted by Gasteiger charge is 2.44. The maximum Gasteiger partial charge on any atom is 0.257 e. The largest absolute Gasteiger partial charge is 0.371 e. The average molecular weight is 486 g/mol. The quantitative estimate of drug-likeness (QED) is 0.464. The molecule has 2 fully saturated rings. The van der Waals surface area contributed by atoms with Gasteiger partial charge in [0, 0.05) is 35.7 Å². The van der Waals surface area contributed by atoms with Gasteiger partial charge in [0.2, 0.25) is 0 Å². The molecule has 0 unspecified atom stereocenters. The van der Waals surface area contributed by atoms with Crippen molar-refractivity contribution in [1.82, 2.24) is 5.32 Å². The lowest BCUT2D eigenvalue weighted by molar-refractivity contribution is 0.0961. The maximum atomic E-state index is 13.0. The fraction of sp³-hybridized carbons (Fsp3) is 0.533. The van der Waals surface area contributed by atoms with Crippen molar-refractivity contribution in [2.75, 3.05) is 30.4 Å². The van der Waals surface area contributed by atoms with Gasteiger partial charge in [0.15, 0.2) is 0 Å². The lowest BCUT2D eigenvalue weighted by Gasteiger charge is -2.35. The van der Waals surface area contributed by atoms with Crippen LogP contribution in [0.5, 0.6) is 0 Å². The Hall–Kier alpha value is -2.82. The minimum absolute atomic E-state index is 0. The van der Waals surface area contributed by atoms with Gasteiger partial charge in [-0.2, -0.15) is 0 Å². The van der Waals surface area contributed by atoms with Gasteiger partial charge in [0.25, 0.3) is 11.8 Å². The Labute approximate surface area is 217 Å². The fourth-order valence-electron chi connectivity index (χ4n) is 4.09. The molecule has 2 aromatic rings. The number of nitrogens with one attached hydrogen (secondary N) is 2. The number of benzene rings is 2. The lowest BCUT2D eigenvalue weighted by Crippen LogP contribution is -2.36. The third kappa shape index (κ3) is 8.72. The molecule has 0 atom stereocenters. The molecule has 2 aliphatic rings. The van der Waals surface area contributed by atoms with Crippen LogP contribution in [0.4, 0.5) is 11.4 Å². The molecule has 1 saturated heterocycles. The van der Waals surface area contributed by atoms with E-state index in [1.807, 2.05) is 51.1 Å². The van der Waals surface area contributed by atoms with Crippen LogP contribution in [0.15, 0.2) is 42.5 Å². The van der Waals surface area contributed by atoms with Crippen molar-refractivity contribution < 1.29 is 13.9 Å². The summed E-state index contributed by atoms with van der Waals surface area (Å²) >= 11 is 0. The molecule has 1 saturated carbocycles. The minimum Gasteiger partial charge on any atom is -0.371 e. The number of anilines is 2. The lowest BCUT2D eigenvalue weighted by atomic mass is 9.92. The van der Waals surface area contributed by atoms with Crippen LogP contribution in [0.3, 0.4) is 0 Å². The van der Waals surface area contributed by atoms with Crippen LogP contribution < -0.4 is 15.5 Å². The number of piperidine rings is 1. The van der Waals surface area contributed by atoms with Gasteiger partial charge in [0.1, 0.15) is 0 Å². The second kappa shape index (κ2) is 12.2. The molecule has 2 amide bonds. The first-order valence-corrected chi connectivity index (χ1v) is 13.0. The van der Waals surface area contributed by atoms with Gasteiger partial charge in [-0.3, -0.25) is 9.59 Å². The maximum absolute atomic E-state index is 13.0. The zero-order valence-corrected chi connectivity index (χ0v) is 23.0. The average Bonchev–Trinajstić information content (AvgIpc) is 3.57. The summed E-state index contributed by atoms with van der Waals surface area (Å²) in [7, 11) is 1.62. The first kappa shape index (κ1) is 28.4. The van der Waals surface area contributed by atoms with Crippen LogP contribution in [0.25, 0.3) is 0 Å². The van der Waals surface area contributed by atoms with E-state index in [9.17, 15) is 9.59 Å². The Balaban J connectivity index is 0. The molecule has 0 bridgehead atoms. The van der Waals surface area contributed by atoms with E-state index in [1.54, 1.807) is 19.2 Å². The highest BCUT2D eigenvalue weighted by molar-refractivity contribution is 6.09. The van der Waals surface area contributed by atoms with E-state index in [0.29, 0.717) is 22.0 Å². The number of hydrogen-bond donors (Lipinski definition) is 2. The van der Waals surface area contributed by atoms with Crippen LogP contribution in [0.1, 0.15) is 97.8 Å². The molecular formula is C30H51N3O2. The van der Waals surface area contributed by atoms with E-state index in [-0.39, 0.29) is 16.1 Å². The fourth-order valence-corrected chi connectivity index (χ4v) is 4.09. The zero-order chi connectivity index (χ0) is 26.2. The van der Waals surface area contributed by atoms with Gasteiger partial charge in [-0.25, -0.2) is 0 Å². The van der Waals surface area contributed by atoms with Crippen LogP contribution in [-0.4, -0.2) is 32.0 Å². The first-order chi connectivity index (χ1) is 16.5. The third-order valence-corrected chi connectivity index (χ3v) is 6.13. The molecule has 1 spiro atoms. The van der Waals surface area contributed by atoms with Crippen LogP contribution in [0.2, 0.25) is 0 Å². The van der Waals surface area contributed by atoms with Gasteiger partial charge >= 0.3 is 0 Å². The van der Waals surface area contributed by atoms with Crippen LogP contribution in [0, 0.1) is 17.8 Å². The molecule has 1 heterocycles. The summed E-state index contributed by atoms with van der Waals surface area (Å²) in [4.78, 5) is 27.4. The molecule has 4 rings (SSSR count). The molecule has 2 aromatic carbocycles. The summed E-state index contributed by atoms with van der Waals surface area (Å²) in [6, 6.07) is 13.1. The Morgan fingerprint density at radius 2 is 1.51 bits per heavy atom. The first-order valence-electron chi connectivity index (χ1n) is 13.0. The van der Waals surface area contributed by atoms with Gasteiger partial charge in [-0.15, -0.1) is 0 Å². The van der Waals surface area contributed by atoms with E-state index in [2.05, 4.69) is 43.2 Å². The normalized spacial score (nSPS) is 15.7. The van der Waals surface area contributed by atoms with E-state index in [1.165, 1.54) is 12.8 Å². The van der Waals surface area contributed by atoms with E-state index < -0.39 is 0 Å². The van der Waals surface area contributed by atoms with Crippen molar-refractivity contribution >= 4 is 23.2 Å². The molecule has 198 valence electrons. The van der Waals surface area contributed by atoms with E-state index >= 15 is 0 Å². The van der Waals surface area contributed by atoms with Crippen LogP contribution >= 0.6 is 0 Å². The molecule has 1 aliphatic heterocycles. The van der Waals surface area contributed by atoms with Crippen LogP contribution in [-0.2, 0) is 0 Å². The molecule has 35 heavy (non-hydrogen) atoms. The number of rotatable bonds is 4. The second-order valence-electron chi connectivity index (χ2n) is 11.1. The van der Waals surface area contributed by atoms with Crippen molar-refractivity contribution in [3.63, 3.8) is 0 Å². The number of amides is 2. The van der Waals surface area contributed by atoms with Crippen molar-refractivity contribution in [2.24, 2.45) is 10.8 Å². The van der Waals surface area contributed by atoms with Gasteiger partial charge in [0.05, 0.1) is 11.3 Å². The Morgan fingerprint density at radius 1 is 0.914 bits per heavy atom. The Morgan fingerprint density at radius 3 is 2.03 bits per heavy atom. The monoisotopic (exact) mass is 485 g/mol. The molecule has 5 heteroatoms. The zero-order valence-electron chi connectivity index (χ0n) is 23.0. The van der Waals surface area contributed by atoms with Gasteiger partial charge in [-0.1, -0.05) is 53.7 Å². The summed E-state index contributed by atoms with van der Waals surface area (Å²) < 4.78 is 0. The van der Waals surface area contributed by atoms with E-state index in [4.69, 9.17) is 0 Å². The van der Waals surface area contributed by atoms with Gasteiger partial charge in [-0.05, 0) is 79.3 Å². The second-order valence-corrected chi connectivity index (χ2v) is 11.1. The van der Waals surface area contributed by atoms with E-state index in [0.717, 1.165) is 42.9 Å². The highest BCUT2D eigenvalue weighted by Crippen LogP contribution is 2.54. The topological polar surface area (TPSA) is 61.4 Å². The predicted molar refractivity (Wildman–Crippen MR) is 155 cm³/mol. The number of carbonyl (C=O) groups is 2. The minimum atomic E-state index is -0.143. The Kier molecular flexibility index (Phi) is 9.93.